The molecule has 0 saturated carbocycles. The number of ketones is 1. The zero-order valence-corrected chi connectivity index (χ0v) is 13.0. The van der Waals surface area contributed by atoms with Gasteiger partial charge < -0.3 is 0 Å². The van der Waals surface area contributed by atoms with E-state index >= 15 is 0 Å². The van der Waals surface area contributed by atoms with Crippen molar-refractivity contribution in [1.29, 1.82) is 0 Å². The number of fused-ring (bicyclic) bond motifs is 1. The Hall–Kier alpha value is -3.04. The van der Waals surface area contributed by atoms with Gasteiger partial charge in [-0.25, -0.2) is 13.8 Å². The van der Waals surface area contributed by atoms with Gasteiger partial charge >= 0.3 is 12.1 Å². The molecule has 0 atom stereocenters. The van der Waals surface area contributed by atoms with Crippen LogP contribution in [0.3, 0.4) is 0 Å². The first-order valence-corrected chi connectivity index (χ1v) is 7.22. The van der Waals surface area contributed by atoms with Crippen LogP contribution in [0.4, 0.5) is 30.7 Å². The fraction of sp³-hybridized carbons (Fsp3) is 0.118. The second kappa shape index (κ2) is 6.29. The lowest BCUT2D eigenvalue weighted by atomic mass is 10.0. The lowest BCUT2D eigenvalue weighted by Gasteiger charge is -2.15. The van der Waals surface area contributed by atoms with Crippen molar-refractivity contribution in [3.05, 3.63) is 71.1 Å². The maximum absolute atomic E-state index is 14.4. The molecule has 0 N–H and O–H groups in total. The molecule has 0 amide bonds. The molecule has 27 heavy (non-hydrogen) atoms. The Morgan fingerprint density at radius 1 is 0.889 bits per heavy atom. The monoisotopic (exact) mass is 388 g/mol. The second-order valence-corrected chi connectivity index (χ2v) is 5.48. The van der Waals surface area contributed by atoms with Crippen LogP contribution in [-0.4, -0.2) is 15.8 Å². The summed E-state index contributed by atoms with van der Waals surface area (Å²) in [4.78, 5) is 18.9. The Morgan fingerprint density at radius 3 is 2.22 bits per heavy atom. The van der Waals surface area contributed by atoms with Crippen LogP contribution in [0.25, 0.3) is 11.0 Å². The van der Waals surface area contributed by atoms with Crippen LogP contribution in [0, 0.1) is 11.6 Å². The van der Waals surface area contributed by atoms with E-state index in [0.29, 0.717) is 30.5 Å². The van der Waals surface area contributed by atoms with Gasteiger partial charge in [0.1, 0.15) is 17.3 Å². The van der Waals surface area contributed by atoms with E-state index in [1.54, 1.807) is 0 Å². The van der Waals surface area contributed by atoms with Crippen LogP contribution in [0.2, 0.25) is 0 Å². The molecule has 0 radical (unpaired) electrons. The smallest absolute Gasteiger partial charge is 0.287 e. The van der Waals surface area contributed by atoms with E-state index in [1.807, 2.05) is 0 Å². The van der Waals surface area contributed by atoms with Crippen molar-refractivity contribution in [1.82, 2.24) is 9.97 Å². The standard InChI is InChI=1S/C17H7F7N2O/c18-9-2-3-10(11(19)6-9)15(27)16(20,21)14-7-25-13-5-8(17(22,23)24)1-4-12(13)26-14/h1-7H. The van der Waals surface area contributed by atoms with Gasteiger partial charge in [-0.1, -0.05) is 0 Å². The highest BCUT2D eigenvalue weighted by Gasteiger charge is 2.44. The van der Waals surface area contributed by atoms with Crippen molar-refractivity contribution in [2.24, 2.45) is 0 Å². The Bertz CT molecular complexity index is 1050. The highest BCUT2D eigenvalue weighted by Crippen LogP contribution is 2.34. The summed E-state index contributed by atoms with van der Waals surface area (Å²) in [5, 5.41) is 0. The first kappa shape index (κ1) is 18.7. The molecule has 3 aromatic rings. The first-order valence-electron chi connectivity index (χ1n) is 7.22. The van der Waals surface area contributed by atoms with Gasteiger partial charge in [-0.2, -0.15) is 22.0 Å². The minimum atomic E-state index is -4.66. The second-order valence-electron chi connectivity index (χ2n) is 5.48. The van der Waals surface area contributed by atoms with Crippen LogP contribution < -0.4 is 0 Å². The van der Waals surface area contributed by atoms with Gasteiger partial charge in [0, 0.05) is 6.07 Å². The Balaban J connectivity index is 2.03. The lowest BCUT2D eigenvalue weighted by Crippen LogP contribution is -2.28. The molecular weight excluding hydrogens is 381 g/mol. The zero-order chi connectivity index (χ0) is 20.0. The fourth-order valence-corrected chi connectivity index (χ4v) is 2.30. The average molecular weight is 388 g/mol. The highest BCUT2D eigenvalue weighted by molar-refractivity contribution is 6.02. The molecule has 0 unspecified atom stereocenters. The number of hydrogen-bond donors (Lipinski definition) is 0. The predicted molar refractivity (Wildman–Crippen MR) is 79.1 cm³/mol. The van der Waals surface area contributed by atoms with Crippen LogP contribution in [0.1, 0.15) is 21.6 Å². The summed E-state index contributed by atoms with van der Waals surface area (Å²) in [6.07, 6.45) is -4.23. The third kappa shape index (κ3) is 3.46. The minimum Gasteiger partial charge on any atom is -0.287 e. The largest absolute Gasteiger partial charge is 0.416 e. The quantitative estimate of drug-likeness (QED) is 0.474. The van der Waals surface area contributed by atoms with E-state index in [9.17, 15) is 35.5 Å². The Labute approximate surface area is 146 Å². The van der Waals surface area contributed by atoms with E-state index in [4.69, 9.17) is 0 Å². The number of alkyl halides is 5. The zero-order valence-electron chi connectivity index (χ0n) is 13.0. The topological polar surface area (TPSA) is 42.9 Å². The lowest BCUT2D eigenvalue weighted by molar-refractivity contribution is -0.137. The maximum atomic E-state index is 14.4. The molecule has 3 rings (SSSR count). The Morgan fingerprint density at radius 2 is 1.59 bits per heavy atom. The van der Waals surface area contributed by atoms with Crippen molar-refractivity contribution in [3.8, 4) is 0 Å². The maximum Gasteiger partial charge on any atom is 0.416 e. The summed E-state index contributed by atoms with van der Waals surface area (Å²) in [5.41, 5.74) is -3.91. The number of aromatic nitrogens is 2. The number of benzene rings is 2. The number of carbonyl (C=O) groups excluding carboxylic acids is 1. The summed E-state index contributed by atoms with van der Waals surface area (Å²) < 4.78 is 93.3. The van der Waals surface area contributed by atoms with Crippen LogP contribution in [-0.2, 0) is 12.1 Å². The van der Waals surface area contributed by atoms with Crippen LogP contribution >= 0.6 is 0 Å². The molecule has 10 heteroatoms. The summed E-state index contributed by atoms with van der Waals surface area (Å²) in [6.45, 7) is 0. The summed E-state index contributed by atoms with van der Waals surface area (Å²) in [6, 6.07) is 3.54. The van der Waals surface area contributed by atoms with Gasteiger partial charge in [-0.3, -0.25) is 9.78 Å². The van der Waals surface area contributed by atoms with Gasteiger partial charge in [-0.15, -0.1) is 0 Å². The molecule has 0 fully saturated rings. The molecule has 0 aliphatic carbocycles. The van der Waals surface area contributed by atoms with E-state index in [2.05, 4.69) is 9.97 Å². The third-order valence-electron chi connectivity index (χ3n) is 3.65. The summed E-state index contributed by atoms with van der Waals surface area (Å²) in [5.74, 6) is -8.86. The third-order valence-corrected chi connectivity index (χ3v) is 3.65. The molecule has 140 valence electrons. The van der Waals surface area contributed by atoms with Crippen LogP contribution in [0.15, 0.2) is 42.6 Å². The molecule has 1 heterocycles. The van der Waals surface area contributed by atoms with Crippen molar-refractivity contribution in [3.63, 3.8) is 0 Å². The highest BCUT2D eigenvalue weighted by atomic mass is 19.4. The molecule has 0 spiro atoms. The molecule has 0 aliphatic heterocycles. The number of rotatable bonds is 3. The number of halogens is 7. The number of nitrogens with zero attached hydrogens (tertiary/aromatic N) is 2. The first-order chi connectivity index (χ1) is 12.5. The Kier molecular flexibility index (Phi) is 4.37. The van der Waals surface area contributed by atoms with Crippen molar-refractivity contribution in [2.75, 3.05) is 0 Å². The molecule has 3 nitrogen and oxygen atoms in total. The van der Waals surface area contributed by atoms with E-state index in [0.717, 1.165) is 6.07 Å². The average Bonchev–Trinajstić information content (AvgIpc) is 2.59. The van der Waals surface area contributed by atoms with E-state index in [-0.39, 0.29) is 17.1 Å². The van der Waals surface area contributed by atoms with Crippen molar-refractivity contribution >= 4 is 16.8 Å². The van der Waals surface area contributed by atoms with Gasteiger partial charge in [0.2, 0.25) is 5.78 Å². The van der Waals surface area contributed by atoms with Gasteiger partial charge in [0.05, 0.1) is 28.4 Å². The van der Waals surface area contributed by atoms with Gasteiger partial charge in [0.15, 0.2) is 0 Å². The molecular formula is C17H7F7N2O. The van der Waals surface area contributed by atoms with E-state index < -0.39 is 46.3 Å². The van der Waals surface area contributed by atoms with Crippen LogP contribution in [0.5, 0.6) is 0 Å². The van der Waals surface area contributed by atoms with Gasteiger partial charge in [-0.05, 0) is 30.3 Å². The number of carbonyl (C=O) groups is 1. The van der Waals surface area contributed by atoms with E-state index in [1.165, 1.54) is 0 Å². The summed E-state index contributed by atoms with van der Waals surface area (Å²) in [7, 11) is 0. The van der Waals surface area contributed by atoms with Gasteiger partial charge in [0.25, 0.3) is 0 Å². The molecule has 2 aromatic carbocycles. The predicted octanol–water partition coefficient (Wildman–Crippen LogP) is 4.90. The normalized spacial score (nSPS) is 12.4. The summed E-state index contributed by atoms with van der Waals surface area (Å²) >= 11 is 0. The molecule has 0 aliphatic rings. The minimum absolute atomic E-state index is 0.272. The molecule has 0 bridgehead atoms. The van der Waals surface area contributed by atoms with Crippen molar-refractivity contribution in [2.45, 2.75) is 12.1 Å². The SMILES string of the molecule is O=C(c1ccc(F)cc1F)C(F)(F)c1cnc2cc(C(F)(F)F)ccc2n1. The fourth-order valence-electron chi connectivity index (χ4n) is 2.30. The molecule has 0 saturated heterocycles. The number of hydrogen-bond acceptors (Lipinski definition) is 3. The number of Topliss-reactive ketones (excluding diaryl/α,β-unsaturated/α-hetero) is 1. The molecule has 1 aromatic heterocycles. The van der Waals surface area contributed by atoms with Crippen molar-refractivity contribution < 1.29 is 35.5 Å².